The lowest BCUT2D eigenvalue weighted by molar-refractivity contribution is -0.128. The predicted molar refractivity (Wildman–Crippen MR) is 91.1 cm³/mol. The number of hydrogen-bond acceptors (Lipinski definition) is 2. The molecule has 2 heterocycles. The van der Waals surface area contributed by atoms with E-state index in [-0.39, 0.29) is 11.9 Å². The first-order valence-corrected chi connectivity index (χ1v) is 8.59. The van der Waals surface area contributed by atoms with Gasteiger partial charge in [-0.05, 0) is 35.1 Å². The normalized spacial score (nSPS) is 18.2. The number of halogens is 1. The number of nitrogens with zero attached hydrogens (tertiary/aromatic N) is 1. The van der Waals surface area contributed by atoms with Gasteiger partial charge < -0.3 is 4.90 Å². The first kappa shape index (κ1) is 14.5. The fourth-order valence-electron chi connectivity index (χ4n) is 2.73. The highest BCUT2D eigenvalue weighted by atomic mass is 79.9. The molecule has 0 aliphatic carbocycles. The standard InChI is InChI=1S/C17H16BrNOS/c1-12(16-7-4-10-21-16)15-8-9-17(20)19(15)11-13-5-2-3-6-14(13)18/h2-7,10,15H,1,8-9,11H2/t15-/m0/s1. The SMILES string of the molecule is C=C(c1cccs1)[C@@H]1CCC(=O)N1Cc1ccccc1Br. The molecule has 1 aromatic heterocycles. The first-order chi connectivity index (χ1) is 10.2. The van der Waals surface area contributed by atoms with E-state index in [2.05, 4.69) is 40.0 Å². The molecule has 21 heavy (non-hydrogen) atoms. The number of carbonyl (C=O) groups excluding carboxylic acids is 1. The molecule has 0 saturated carbocycles. The summed E-state index contributed by atoms with van der Waals surface area (Å²) in [6.45, 7) is 4.87. The van der Waals surface area contributed by atoms with Crippen LogP contribution in [0.15, 0.2) is 52.8 Å². The van der Waals surface area contributed by atoms with Crippen LogP contribution in [0.3, 0.4) is 0 Å². The lowest BCUT2D eigenvalue weighted by Crippen LogP contribution is -2.33. The van der Waals surface area contributed by atoms with E-state index in [1.807, 2.05) is 29.2 Å². The monoisotopic (exact) mass is 361 g/mol. The third kappa shape index (κ3) is 2.97. The number of rotatable bonds is 4. The van der Waals surface area contributed by atoms with Crippen LogP contribution in [-0.4, -0.2) is 16.8 Å². The summed E-state index contributed by atoms with van der Waals surface area (Å²) in [4.78, 5) is 15.4. The number of carbonyl (C=O) groups is 1. The molecule has 0 radical (unpaired) electrons. The Balaban J connectivity index is 1.83. The third-order valence-electron chi connectivity index (χ3n) is 3.87. The van der Waals surface area contributed by atoms with Crippen LogP contribution < -0.4 is 0 Å². The average Bonchev–Trinajstić information content (AvgIpc) is 3.12. The van der Waals surface area contributed by atoms with Gasteiger partial charge >= 0.3 is 0 Å². The van der Waals surface area contributed by atoms with Crippen LogP contribution in [0.2, 0.25) is 0 Å². The molecule has 2 aromatic rings. The predicted octanol–water partition coefficient (Wildman–Crippen LogP) is 4.72. The van der Waals surface area contributed by atoms with Crippen LogP contribution in [0.4, 0.5) is 0 Å². The van der Waals surface area contributed by atoms with E-state index in [9.17, 15) is 4.79 Å². The van der Waals surface area contributed by atoms with Crippen LogP contribution in [0.1, 0.15) is 23.3 Å². The maximum absolute atomic E-state index is 12.2. The Hall–Kier alpha value is -1.39. The molecule has 1 amide bonds. The number of benzene rings is 1. The quantitative estimate of drug-likeness (QED) is 0.771. The summed E-state index contributed by atoms with van der Waals surface area (Å²) in [7, 11) is 0. The van der Waals surface area contributed by atoms with Crippen LogP contribution in [0, 0.1) is 0 Å². The van der Waals surface area contributed by atoms with E-state index in [1.54, 1.807) is 11.3 Å². The van der Waals surface area contributed by atoms with Gasteiger partial charge in [-0.3, -0.25) is 4.79 Å². The lowest BCUT2D eigenvalue weighted by Gasteiger charge is -2.26. The molecule has 0 bridgehead atoms. The minimum atomic E-state index is 0.114. The van der Waals surface area contributed by atoms with Crippen molar-refractivity contribution in [3.05, 3.63) is 63.3 Å². The minimum absolute atomic E-state index is 0.114. The topological polar surface area (TPSA) is 20.3 Å². The number of thiophene rings is 1. The van der Waals surface area contributed by atoms with Gasteiger partial charge in [-0.15, -0.1) is 11.3 Å². The van der Waals surface area contributed by atoms with Crippen molar-refractivity contribution in [2.45, 2.75) is 25.4 Å². The zero-order chi connectivity index (χ0) is 14.8. The maximum Gasteiger partial charge on any atom is 0.223 e. The molecular formula is C17H16BrNOS. The molecule has 1 fully saturated rings. The molecule has 2 nitrogen and oxygen atoms in total. The molecule has 1 atom stereocenters. The Morgan fingerprint density at radius 3 is 2.86 bits per heavy atom. The smallest absolute Gasteiger partial charge is 0.223 e. The van der Waals surface area contributed by atoms with Gasteiger partial charge in [0.25, 0.3) is 0 Å². The van der Waals surface area contributed by atoms with Gasteiger partial charge in [0.1, 0.15) is 0 Å². The van der Waals surface area contributed by atoms with E-state index >= 15 is 0 Å². The molecule has 1 aromatic carbocycles. The van der Waals surface area contributed by atoms with Crippen molar-refractivity contribution in [1.82, 2.24) is 4.90 Å². The van der Waals surface area contributed by atoms with Gasteiger partial charge in [-0.2, -0.15) is 0 Å². The molecule has 0 spiro atoms. The first-order valence-electron chi connectivity index (χ1n) is 6.92. The van der Waals surface area contributed by atoms with E-state index in [0.29, 0.717) is 13.0 Å². The number of hydrogen-bond donors (Lipinski definition) is 0. The lowest BCUT2D eigenvalue weighted by atomic mass is 10.0. The molecule has 1 aliphatic heterocycles. The second-order valence-corrected chi connectivity index (χ2v) is 6.97. The van der Waals surface area contributed by atoms with Crippen LogP contribution in [-0.2, 0) is 11.3 Å². The largest absolute Gasteiger partial charge is 0.331 e. The second-order valence-electron chi connectivity index (χ2n) is 5.17. The summed E-state index contributed by atoms with van der Waals surface area (Å²) >= 11 is 5.24. The Morgan fingerprint density at radius 2 is 2.14 bits per heavy atom. The summed E-state index contributed by atoms with van der Waals surface area (Å²) in [5.41, 5.74) is 2.19. The van der Waals surface area contributed by atoms with Crippen LogP contribution >= 0.6 is 27.3 Å². The van der Waals surface area contributed by atoms with E-state index in [1.165, 1.54) is 4.88 Å². The van der Waals surface area contributed by atoms with Crippen molar-refractivity contribution >= 4 is 38.7 Å². The Morgan fingerprint density at radius 1 is 1.33 bits per heavy atom. The zero-order valence-corrected chi connectivity index (χ0v) is 14.0. The van der Waals surface area contributed by atoms with E-state index in [4.69, 9.17) is 0 Å². The summed E-state index contributed by atoms with van der Waals surface area (Å²) in [5, 5.41) is 2.05. The average molecular weight is 362 g/mol. The van der Waals surface area contributed by atoms with Crippen molar-refractivity contribution in [2.75, 3.05) is 0 Å². The van der Waals surface area contributed by atoms with Crippen LogP contribution in [0.5, 0.6) is 0 Å². The maximum atomic E-state index is 12.2. The molecule has 1 aliphatic rings. The Kier molecular flexibility index (Phi) is 4.27. The molecule has 0 unspecified atom stereocenters. The van der Waals surface area contributed by atoms with Crippen molar-refractivity contribution in [2.24, 2.45) is 0 Å². The van der Waals surface area contributed by atoms with E-state index < -0.39 is 0 Å². The van der Waals surface area contributed by atoms with E-state index in [0.717, 1.165) is 22.0 Å². The van der Waals surface area contributed by atoms with Crippen LogP contribution in [0.25, 0.3) is 5.57 Å². The molecular weight excluding hydrogens is 346 g/mol. The van der Waals surface area contributed by atoms with Gasteiger partial charge in [-0.25, -0.2) is 0 Å². The van der Waals surface area contributed by atoms with Crippen molar-refractivity contribution < 1.29 is 4.79 Å². The van der Waals surface area contributed by atoms with Gasteiger partial charge in [0.2, 0.25) is 5.91 Å². The zero-order valence-electron chi connectivity index (χ0n) is 11.6. The van der Waals surface area contributed by atoms with Gasteiger partial charge in [-0.1, -0.05) is 46.8 Å². The van der Waals surface area contributed by atoms with Crippen molar-refractivity contribution in [3.63, 3.8) is 0 Å². The fourth-order valence-corrected chi connectivity index (χ4v) is 3.89. The van der Waals surface area contributed by atoms with Gasteiger partial charge in [0.05, 0.1) is 6.04 Å². The summed E-state index contributed by atoms with van der Waals surface area (Å²) in [6.07, 6.45) is 1.47. The second kappa shape index (κ2) is 6.16. The molecule has 1 saturated heterocycles. The number of likely N-dealkylation sites (tertiary alicyclic amines) is 1. The molecule has 108 valence electrons. The highest BCUT2D eigenvalue weighted by Gasteiger charge is 2.33. The van der Waals surface area contributed by atoms with Gasteiger partial charge in [0, 0.05) is 22.3 Å². The fraction of sp³-hybridized carbons (Fsp3) is 0.235. The Labute approximate surface area is 137 Å². The molecule has 3 rings (SSSR count). The number of amides is 1. The highest BCUT2D eigenvalue weighted by molar-refractivity contribution is 9.10. The van der Waals surface area contributed by atoms with Crippen molar-refractivity contribution in [1.29, 1.82) is 0 Å². The summed E-state index contributed by atoms with van der Waals surface area (Å²) in [6, 6.07) is 12.3. The molecule has 4 heteroatoms. The highest BCUT2D eigenvalue weighted by Crippen LogP contribution is 2.33. The van der Waals surface area contributed by atoms with Gasteiger partial charge in [0.15, 0.2) is 0 Å². The summed E-state index contributed by atoms with van der Waals surface area (Å²) in [5.74, 6) is 0.216. The minimum Gasteiger partial charge on any atom is -0.331 e. The van der Waals surface area contributed by atoms with Crippen molar-refractivity contribution in [3.8, 4) is 0 Å². The molecule has 0 N–H and O–H groups in total. The third-order valence-corrected chi connectivity index (χ3v) is 5.59. The summed E-state index contributed by atoms with van der Waals surface area (Å²) < 4.78 is 1.05. The Bertz CT molecular complexity index is 665.